The molecule has 0 aromatic rings. The zero-order valence-corrected chi connectivity index (χ0v) is 17.6. The van der Waals surface area contributed by atoms with Crippen LogP contribution in [0.3, 0.4) is 0 Å². The van der Waals surface area contributed by atoms with Gasteiger partial charge in [-0.2, -0.15) is 0 Å². The summed E-state index contributed by atoms with van der Waals surface area (Å²) < 4.78 is 0. The van der Waals surface area contributed by atoms with Crippen molar-refractivity contribution in [3.8, 4) is 0 Å². The van der Waals surface area contributed by atoms with Gasteiger partial charge >= 0.3 is 0 Å². The number of aliphatic hydroxyl groups is 3. The van der Waals surface area contributed by atoms with E-state index in [9.17, 15) is 50.5 Å². The van der Waals surface area contributed by atoms with Crippen molar-refractivity contribution in [1.29, 1.82) is 0 Å². The highest BCUT2D eigenvalue weighted by atomic mass is 16.6. The minimum absolute atomic E-state index is 0.00407. The third-order valence-corrected chi connectivity index (χ3v) is 5.31. The number of unbranched alkanes of at least 4 members (excludes halogenated alkanes) is 5. The zero-order chi connectivity index (χ0) is 24.0. The van der Waals surface area contributed by atoms with Gasteiger partial charge in [0.05, 0.1) is 6.42 Å². The minimum Gasteiger partial charge on any atom is -0.386 e. The second-order valence-electron chi connectivity index (χ2n) is 7.59. The summed E-state index contributed by atoms with van der Waals surface area (Å²) in [6.45, 7) is 1.46. The summed E-state index contributed by atoms with van der Waals surface area (Å²) in [6.07, 6.45) is -1.15. The number of nitrogens with zero attached hydrogens (tertiary/aromatic N) is 3. The van der Waals surface area contributed by atoms with Gasteiger partial charge in [-0.05, 0) is 19.3 Å². The predicted octanol–water partition coefficient (Wildman–Crippen LogP) is 1.04. The van der Waals surface area contributed by atoms with E-state index in [1.54, 1.807) is 6.29 Å². The predicted molar refractivity (Wildman–Crippen MR) is 108 cm³/mol. The number of hydrogen-bond donors (Lipinski definition) is 3. The van der Waals surface area contributed by atoms with Gasteiger partial charge in [-0.15, -0.1) is 0 Å². The molecule has 0 heterocycles. The van der Waals surface area contributed by atoms with Crippen molar-refractivity contribution < 1.29 is 34.9 Å². The van der Waals surface area contributed by atoms with Crippen molar-refractivity contribution in [3.63, 3.8) is 0 Å². The first kappa shape index (κ1) is 28.8. The highest BCUT2D eigenvalue weighted by molar-refractivity contribution is 5.50. The van der Waals surface area contributed by atoms with Crippen molar-refractivity contribution >= 4 is 6.29 Å². The molecule has 0 aliphatic carbocycles. The number of aliphatic hydroxyl groups excluding tert-OH is 3. The summed E-state index contributed by atoms with van der Waals surface area (Å²) >= 11 is 0. The number of rotatable bonds is 19. The second kappa shape index (κ2) is 15.5. The van der Waals surface area contributed by atoms with Crippen LogP contribution in [0.2, 0.25) is 0 Å². The first-order valence-corrected chi connectivity index (χ1v) is 10.4. The maximum Gasteiger partial charge on any atom is 0.245 e. The van der Waals surface area contributed by atoms with Gasteiger partial charge in [0, 0.05) is 34.0 Å². The lowest BCUT2D eigenvalue weighted by molar-refractivity contribution is -0.574. The van der Waals surface area contributed by atoms with Crippen LogP contribution in [0.15, 0.2) is 0 Å². The average Bonchev–Trinajstić information content (AvgIpc) is 2.68. The molecule has 0 amide bonds. The molecule has 0 saturated heterocycles. The lowest BCUT2D eigenvalue weighted by atomic mass is 9.92. The molecule has 0 saturated carbocycles. The summed E-state index contributed by atoms with van der Waals surface area (Å²) in [4.78, 5) is 41.3. The van der Waals surface area contributed by atoms with Crippen molar-refractivity contribution in [3.05, 3.63) is 30.3 Å². The van der Waals surface area contributed by atoms with Gasteiger partial charge in [0.15, 0.2) is 6.29 Å². The molecule has 0 aliphatic rings. The van der Waals surface area contributed by atoms with Crippen LogP contribution < -0.4 is 0 Å². The van der Waals surface area contributed by atoms with Gasteiger partial charge in [-0.3, -0.25) is 35.1 Å². The fraction of sp³-hybridized carbons (Fsp3) is 0.944. The topological polar surface area (TPSA) is 207 Å². The van der Waals surface area contributed by atoms with Crippen LogP contribution in [-0.4, -0.2) is 72.8 Å². The first-order valence-electron chi connectivity index (χ1n) is 10.4. The molecule has 13 heteroatoms. The van der Waals surface area contributed by atoms with Crippen LogP contribution >= 0.6 is 0 Å². The van der Waals surface area contributed by atoms with E-state index < -0.39 is 64.0 Å². The third-order valence-electron chi connectivity index (χ3n) is 5.31. The monoisotopic (exact) mass is 450 g/mol. The highest BCUT2D eigenvalue weighted by Crippen LogP contribution is 2.20. The van der Waals surface area contributed by atoms with Gasteiger partial charge in [-0.25, -0.2) is 0 Å². The van der Waals surface area contributed by atoms with Gasteiger partial charge in [0.25, 0.3) is 0 Å². The van der Waals surface area contributed by atoms with E-state index in [0.29, 0.717) is 25.7 Å². The molecule has 6 unspecified atom stereocenters. The molecule has 0 aromatic carbocycles. The maximum absolute atomic E-state index is 11.3. The summed E-state index contributed by atoms with van der Waals surface area (Å²) in [5.41, 5.74) is 0. The average molecular weight is 450 g/mol. The summed E-state index contributed by atoms with van der Waals surface area (Å²) in [7, 11) is 0. The molecule has 0 aromatic heterocycles. The summed E-state index contributed by atoms with van der Waals surface area (Å²) in [6, 6.07) is -5.00. The van der Waals surface area contributed by atoms with Crippen LogP contribution in [0.4, 0.5) is 0 Å². The molecular formula is C18H32N3O10. The van der Waals surface area contributed by atoms with Crippen molar-refractivity contribution in [2.24, 2.45) is 0 Å². The van der Waals surface area contributed by atoms with Crippen molar-refractivity contribution in [2.75, 3.05) is 0 Å². The molecule has 0 spiro atoms. The van der Waals surface area contributed by atoms with Crippen LogP contribution in [-0.2, 0) is 4.79 Å². The van der Waals surface area contributed by atoms with Gasteiger partial charge in [0.1, 0.15) is 18.3 Å². The molecule has 0 fully saturated rings. The smallest absolute Gasteiger partial charge is 0.245 e. The second-order valence-corrected chi connectivity index (χ2v) is 7.59. The summed E-state index contributed by atoms with van der Waals surface area (Å²) in [5, 5.41) is 63.8. The Bertz CT molecular complexity index is 577. The Morgan fingerprint density at radius 2 is 1.16 bits per heavy atom. The number of hydrogen-bond acceptors (Lipinski definition) is 10. The Hall–Kier alpha value is -2.25. The Morgan fingerprint density at radius 3 is 1.65 bits per heavy atom. The molecule has 6 atom stereocenters. The lowest BCUT2D eigenvalue weighted by Gasteiger charge is -2.23. The molecule has 13 nitrogen and oxygen atoms in total. The van der Waals surface area contributed by atoms with E-state index in [0.717, 1.165) is 12.8 Å². The van der Waals surface area contributed by atoms with Crippen LogP contribution in [0.25, 0.3) is 0 Å². The van der Waals surface area contributed by atoms with E-state index in [2.05, 4.69) is 0 Å². The quantitative estimate of drug-likeness (QED) is 0.145. The van der Waals surface area contributed by atoms with Crippen LogP contribution in [0.5, 0.6) is 0 Å². The largest absolute Gasteiger partial charge is 0.386 e. The normalized spacial score (nSPS) is 17.2. The van der Waals surface area contributed by atoms with E-state index >= 15 is 0 Å². The molecule has 0 aliphatic heterocycles. The summed E-state index contributed by atoms with van der Waals surface area (Å²) in [5.74, 6) is 0. The maximum atomic E-state index is 11.3. The Labute approximate surface area is 179 Å². The molecule has 31 heavy (non-hydrogen) atoms. The molecular weight excluding hydrogens is 418 g/mol. The third kappa shape index (κ3) is 11.1. The molecule has 1 radical (unpaired) electrons. The van der Waals surface area contributed by atoms with Gasteiger partial charge in [0.2, 0.25) is 18.1 Å². The van der Waals surface area contributed by atoms with E-state index in [1.165, 1.54) is 6.92 Å². The Balaban J connectivity index is 4.91. The van der Waals surface area contributed by atoms with Crippen molar-refractivity contribution in [2.45, 2.75) is 108 Å². The van der Waals surface area contributed by atoms with E-state index in [-0.39, 0.29) is 12.8 Å². The van der Waals surface area contributed by atoms with Crippen LogP contribution in [0.1, 0.15) is 71.1 Å². The molecule has 179 valence electrons. The molecule has 3 N–H and O–H groups in total. The SMILES string of the molecule is CCC(O)C(CC(C(O)CC(O)C(CCCCCCC[C]=O)[N+](=O)[O-])[N+](=O)[O-])[N+](=O)[O-]. The van der Waals surface area contributed by atoms with Gasteiger partial charge < -0.3 is 15.3 Å². The number of carbonyl (C=O) groups excluding carboxylic acids is 1. The number of nitro groups is 3. The minimum atomic E-state index is -1.87. The van der Waals surface area contributed by atoms with E-state index in [1.807, 2.05) is 0 Å². The fourth-order valence-corrected chi connectivity index (χ4v) is 3.37. The Morgan fingerprint density at radius 1 is 0.710 bits per heavy atom. The van der Waals surface area contributed by atoms with Crippen molar-refractivity contribution in [1.82, 2.24) is 0 Å². The molecule has 0 rings (SSSR count). The highest BCUT2D eigenvalue weighted by Gasteiger charge is 2.43. The van der Waals surface area contributed by atoms with Gasteiger partial charge in [-0.1, -0.05) is 26.2 Å². The van der Waals surface area contributed by atoms with E-state index in [4.69, 9.17) is 0 Å². The first-order chi connectivity index (χ1) is 14.6. The Kier molecular flexibility index (Phi) is 14.4. The fourth-order valence-electron chi connectivity index (χ4n) is 3.37. The molecule has 0 bridgehead atoms. The lowest BCUT2D eigenvalue weighted by Crippen LogP contribution is -2.46. The van der Waals surface area contributed by atoms with Crippen LogP contribution in [0, 0.1) is 30.3 Å². The standard InChI is InChI=1S/C18H32N3O10/c1-2-16(23)14(20(28)29)11-15(21(30)31)18(25)12-17(24)13(19(26)27)9-7-5-3-4-6-8-10-22/h13-18,23-25H,2-9,11-12H2,1H3. The zero-order valence-electron chi connectivity index (χ0n) is 17.6.